The SMILES string of the molecule is C=CCN1C(=O)/C(=C/c2ccc(N(C)C)cc2)SC1=NS(=O)(=O)c1ccc(Br)cc1. The minimum Gasteiger partial charge on any atom is -0.378 e. The van der Waals surface area contributed by atoms with Crippen molar-refractivity contribution in [2.24, 2.45) is 4.40 Å². The molecular formula is C21H20BrN3O3S2. The van der Waals surface area contributed by atoms with Gasteiger partial charge in [-0.25, -0.2) is 0 Å². The lowest BCUT2D eigenvalue weighted by molar-refractivity contribution is -0.121. The Morgan fingerprint density at radius 1 is 1.13 bits per heavy atom. The molecule has 1 aliphatic heterocycles. The van der Waals surface area contributed by atoms with Crippen LogP contribution in [0.15, 0.2) is 79.9 Å². The normalized spacial score (nSPS) is 17.0. The monoisotopic (exact) mass is 505 g/mol. The first-order chi connectivity index (χ1) is 14.2. The fourth-order valence-electron chi connectivity index (χ4n) is 2.65. The number of amides is 1. The average Bonchev–Trinajstić information content (AvgIpc) is 2.97. The molecule has 1 saturated heterocycles. The molecule has 0 saturated carbocycles. The first-order valence-corrected chi connectivity index (χ1v) is 12.0. The molecule has 156 valence electrons. The van der Waals surface area contributed by atoms with E-state index in [0.29, 0.717) is 4.91 Å². The molecule has 0 aromatic heterocycles. The van der Waals surface area contributed by atoms with Crippen LogP contribution in [0.4, 0.5) is 5.69 Å². The van der Waals surface area contributed by atoms with Crippen LogP contribution in [0.3, 0.4) is 0 Å². The smallest absolute Gasteiger partial charge is 0.284 e. The van der Waals surface area contributed by atoms with E-state index in [1.807, 2.05) is 43.3 Å². The molecule has 9 heteroatoms. The zero-order valence-electron chi connectivity index (χ0n) is 16.4. The number of amidine groups is 1. The van der Waals surface area contributed by atoms with E-state index in [1.54, 1.807) is 18.2 Å². The Balaban J connectivity index is 1.95. The van der Waals surface area contributed by atoms with Crippen molar-refractivity contribution >= 4 is 60.6 Å². The van der Waals surface area contributed by atoms with Gasteiger partial charge < -0.3 is 4.90 Å². The molecule has 0 atom stereocenters. The lowest BCUT2D eigenvalue weighted by atomic mass is 10.2. The number of halogens is 1. The van der Waals surface area contributed by atoms with Gasteiger partial charge >= 0.3 is 0 Å². The molecule has 0 aliphatic carbocycles. The van der Waals surface area contributed by atoms with E-state index in [-0.39, 0.29) is 22.5 Å². The van der Waals surface area contributed by atoms with E-state index in [0.717, 1.165) is 27.5 Å². The molecule has 2 aromatic rings. The number of benzene rings is 2. The fraction of sp³-hybridized carbons (Fsp3) is 0.143. The quantitative estimate of drug-likeness (QED) is 0.430. The van der Waals surface area contributed by atoms with Crippen molar-refractivity contribution in [2.75, 3.05) is 25.5 Å². The summed E-state index contributed by atoms with van der Waals surface area (Å²) in [6, 6.07) is 13.9. The number of carbonyl (C=O) groups excluding carboxylic acids is 1. The first kappa shape index (κ1) is 22.3. The van der Waals surface area contributed by atoms with Gasteiger partial charge in [-0.15, -0.1) is 11.0 Å². The van der Waals surface area contributed by atoms with Gasteiger partial charge in [-0.3, -0.25) is 9.69 Å². The Bertz CT molecular complexity index is 1120. The Hall–Kier alpha value is -2.36. The standard InChI is InChI=1S/C21H20BrN3O3S2/c1-4-13-25-20(26)19(14-15-5-9-17(10-6-15)24(2)3)29-21(25)23-30(27,28)18-11-7-16(22)8-12-18/h4-12,14H,1,13H2,2-3H3/b19-14-,23-21?. The second-order valence-corrected chi connectivity index (χ2v) is 10.1. The zero-order chi connectivity index (χ0) is 21.9. The van der Waals surface area contributed by atoms with E-state index >= 15 is 0 Å². The van der Waals surface area contributed by atoms with Crippen LogP contribution in [0.1, 0.15) is 5.56 Å². The predicted molar refractivity (Wildman–Crippen MR) is 127 cm³/mol. The van der Waals surface area contributed by atoms with E-state index in [4.69, 9.17) is 0 Å². The van der Waals surface area contributed by atoms with Crippen molar-refractivity contribution in [3.63, 3.8) is 0 Å². The molecule has 30 heavy (non-hydrogen) atoms. The van der Waals surface area contributed by atoms with Crippen LogP contribution in [0.25, 0.3) is 6.08 Å². The molecule has 0 radical (unpaired) electrons. The number of anilines is 1. The molecule has 0 unspecified atom stereocenters. The number of carbonyl (C=O) groups is 1. The van der Waals surface area contributed by atoms with Crippen molar-refractivity contribution in [1.29, 1.82) is 0 Å². The molecular weight excluding hydrogens is 486 g/mol. The van der Waals surface area contributed by atoms with E-state index in [2.05, 4.69) is 26.9 Å². The minimum atomic E-state index is -3.96. The zero-order valence-corrected chi connectivity index (χ0v) is 19.7. The summed E-state index contributed by atoms with van der Waals surface area (Å²) in [7, 11) is -0.0612. The molecule has 0 N–H and O–H groups in total. The second kappa shape index (κ2) is 9.20. The summed E-state index contributed by atoms with van der Waals surface area (Å²) in [5, 5.41) is 0.110. The van der Waals surface area contributed by atoms with E-state index in [1.165, 1.54) is 23.1 Å². The molecule has 1 amide bonds. The third-order valence-electron chi connectivity index (χ3n) is 4.22. The van der Waals surface area contributed by atoms with Crippen LogP contribution in [0.2, 0.25) is 0 Å². The molecule has 0 spiro atoms. The summed E-state index contributed by atoms with van der Waals surface area (Å²) in [5.41, 5.74) is 1.88. The predicted octanol–water partition coefficient (Wildman–Crippen LogP) is 4.36. The van der Waals surface area contributed by atoms with Crippen molar-refractivity contribution < 1.29 is 13.2 Å². The Labute approximate surface area is 189 Å². The van der Waals surface area contributed by atoms with Crippen LogP contribution < -0.4 is 4.90 Å². The van der Waals surface area contributed by atoms with Gasteiger partial charge in [-0.05, 0) is 59.8 Å². The summed E-state index contributed by atoms with van der Waals surface area (Å²) in [6.07, 6.45) is 3.27. The molecule has 1 heterocycles. The maximum Gasteiger partial charge on any atom is 0.284 e. The summed E-state index contributed by atoms with van der Waals surface area (Å²) in [4.78, 5) is 16.6. The van der Waals surface area contributed by atoms with Gasteiger partial charge in [0.1, 0.15) is 0 Å². The summed E-state index contributed by atoms with van der Waals surface area (Å²) in [6.45, 7) is 3.82. The minimum absolute atomic E-state index is 0.0569. The van der Waals surface area contributed by atoms with Gasteiger partial charge in [0.2, 0.25) is 0 Å². The number of nitrogens with zero attached hydrogens (tertiary/aromatic N) is 3. The third kappa shape index (κ3) is 5.03. The molecule has 6 nitrogen and oxygen atoms in total. The molecule has 1 aliphatic rings. The van der Waals surface area contributed by atoms with E-state index < -0.39 is 10.0 Å². The lowest BCUT2D eigenvalue weighted by Crippen LogP contribution is -2.29. The summed E-state index contributed by atoms with van der Waals surface area (Å²) >= 11 is 4.32. The van der Waals surface area contributed by atoms with Crippen LogP contribution in [-0.4, -0.2) is 45.0 Å². The van der Waals surface area contributed by atoms with Crippen LogP contribution in [0, 0.1) is 0 Å². The highest BCUT2D eigenvalue weighted by atomic mass is 79.9. The largest absolute Gasteiger partial charge is 0.378 e. The first-order valence-electron chi connectivity index (χ1n) is 8.91. The Kier molecular flexibility index (Phi) is 6.84. The lowest BCUT2D eigenvalue weighted by Gasteiger charge is -2.12. The Morgan fingerprint density at radius 3 is 2.33 bits per heavy atom. The van der Waals surface area contributed by atoms with Gasteiger partial charge in [-0.2, -0.15) is 8.42 Å². The highest BCUT2D eigenvalue weighted by Crippen LogP contribution is 2.34. The van der Waals surface area contributed by atoms with Gasteiger partial charge in [0.15, 0.2) is 5.17 Å². The van der Waals surface area contributed by atoms with E-state index in [9.17, 15) is 13.2 Å². The average molecular weight is 506 g/mol. The molecule has 3 rings (SSSR count). The topological polar surface area (TPSA) is 70.1 Å². The van der Waals surface area contributed by atoms with Crippen LogP contribution >= 0.6 is 27.7 Å². The van der Waals surface area contributed by atoms with Crippen molar-refractivity contribution in [2.45, 2.75) is 4.90 Å². The maximum atomic E-state index is 12.9. The van der Waals surface area contributed by atoms with Crippen molar-refractivity contribution in [1.82, 2.24) is 4.90 Å². The highest BCUT2D eigenvalue weighted by molar-refractivity contribution is 9.10. The van der Waals surface area contributed by atoms with Crippen LogP contribution in [-0.2, 0) is 14.8 Å². The second-order valence-electron chi connectivity index (χ2n) is 6.60. The van der Waals surface area contributed by atoms with Gasteiger partial charge in [0.25, 0.3) is 15.9 Å². The molecule has 0 bridgehead atoms. The fourth-order valence-corrected chi connectivity index (χ4v) is 5.10. The number of rotatable bonds is 6. The highest BCUT2D eigenvalue weighted by Gasteiger charge is 2.34. The van der Waals surface area contributed by atoms with Crippen molar-refractivity contribution in [3.05, 3.63) is 76.1 Å². The molecule has 2 aromatic carbocycles. The number of hydrogen-bond donors (Lipinski definition) is 0. The maximum absolute atomic E-state index is 12.9. The summed E-state index contributed by atoms with van der Waals surface area (Å²) in [5.74, 6) is -0.304. The van der Waals surface area contributed by atoms with Crippen LogP contribution in [0.5, 0.6) is 0 Å². The van der Waals surface area contributed by atoms with Crippen molar-refractivity contribution in [3.8, 4) is 0 Å². The molecule has 1 fully saturated rings. The van der Waals surface area contributed by atoms with Gasteiger partial charge in [0.05, 0.1) is 9.80 Å². The van der Waals surface area contributed by atoms with Gasteiger partial charge in [0, 0.05) is 30.8 Å². The third-order valence-corrected chi connectivity index (χ3v) is 7.15. The number of sulfonamides is 1. The summed E-state index contributed by atoms with van der Waals surface area (Å²) < 4.78 is 30.1. The number of hydrogen-bond acceptors (Lipinski definition) is 5. The van der Waals surface area contributed by atoms with Gasteiger partial charge in [-0.1, -0.05) is 34.1 Å². The number of thioether (sulfide) groups is 1. The Morgan fingerprint density at radius 2 is 1.77 bits per heavy atom.